The van der Waals surface area contributed by atoms with E-state index < -0.39 is 17.4 Å². The van der Waals surface area contributed by atoms with Gasteiger partial charge in [-0.2, -0.15) is 0 Å². The Kier molecular flexibility index (Phi) is 4.60. The summed E-state index contributed by atoms with van der Waals surface area (Å²) in [6.45, 7) is 5.71. The number of fused-ring (bicyclic) bond motifs is 1. The van der Waals surface area contributed by atoms with Gasteiger partial charge >= 0.3 is 11.6 Å². The normalized spacial score (nSPS) is 10.5. The number of benzene rings is 1. The lowest BCUT2D eigenvalue weighted by atomic mass is 10.1. The predicted octanol–water partition coefficient (Wildman–Crippen LogP) is 1.99. The smallest absolute Gasteiger partial charge is 0.379 e. The molecule has 0 amide bonds. The average molecular weight is 303 g/mol. The highest BCUT2D eigenvalue weighted by Crippen LogP contribution is 2.22. The standard InChI is InChI=1S/C16H17NO5/c1-4-17(5-2)11-7-6-10-8-12(14(18)16(20)21-3)15(19)22-13(10)9-11/h6-9H,4-5H2,1-3H3. The predicted molar refractivity (Wildman–Crippen MR) is 82.4 cm³/mol. The maximum atomic E-state index is 11.9. The monoisotopic (exact) mass is 303 g/mol. The molecule has 0 bridgehead atoms. The molecule has 0 spiro atoms. The summed E-state index contributed by atoms with van der Waals surface area (Å²) in [6, 6.07) is 6.73. The molecule has 0 saturated carbocycles. The van der Waals surface area contributed by atoms with Crippen LogP contribution in [0.1, 0.15) is 24.2 Å². The van der Waals surface area contributed by atoms with Crippen molar-refractivity contribution in [2.45, 2.75) is 13.8 Å². The molecule has 22 heavy (non-hydrogen) atoms. The van der Waals surface area contributed by atoms with Crippen molar-refractivity contribution in [3.63, 3.8) is 0 Å². The number of methoxy groups -OCH3 is 1. The van der Waals surface area contributed by atoms with E-state index in [0.29, 0.717) is 11.0 Å². The number of ketones is 1. The molecule has 0 radical (unpaired) electrons. The highest BCUT2D eigenvalue weighted by atomic mass is 16.5. The van der Waals surface area contributed by atoms with Crippen LogP contribution < -0.4 is 10.5 Å². The maximum absolute atomic E-state index is 11.9. The number of Topliss-reactive ketones (excluding diaryl/α,β-unsaturated/α-hetero) is 1. The Bertz CT molecular complexity index is 774. The Morgan fingerprint density at radius 1 is 1.18 bits per heavy atom. The minimum atomic E-state index is -1.09. The van der Waals surface area contributed by atoms with Crippen LogP contribution in [0.15, 0.2) is 33.5 Å². The van der Waals surface area contributed by atoms with Crippen molar-refractivity contribution in [2.24, 2.45) is 0 Å². The molecule has 0 unspecified atom stereocenters. The number of nitrogens with zero attached hydrogens (tertiary/aromatic N) is 1. The first kappa shape index (κ1) is 15.8. The topological polar surface area (TPSA) is 76.8 Å². The van der Waals surface area contributed by atoms with Crippen LogP contribution in [0.5, 0.6) is 0 Å². The van der Waals surface area contributed by atoms with Crippen molar-refractivity contribution in [1.82, 2.24) is 0 Å². The molecule has 116 valence electrons. The number of esters is 1. The van der Waals surface area contributed by atoms with Crippen molar-refractivity contribution >= 4 is 28.4 Å². The van der Waals surface area contributed by atoms with Crippen LogP contribution in [0.25, 0.3) is 11.0 Å². The minimum absolute atomic E-state index is 0.324. The van der Waals surface area contributed by atoms with E-state index in [1.54, 1.807) is 12.1 Å². The molecule has 2 aromatic rings. The summed E-state index contributed by atoms with van der Waals surface area (Å²) >= 11 is 0. The van der Waals surface area contributed by atoms with Crippen molar-refractivity contribution in [3.8, 4) is 0 Å². The summed E-state index contributed by atoms with van der Waals surface area (Å²) in [5, 5.41) is 0.572. The molecular formula is C16H17NO5. The molecule has 0 aliphatic rings. The van der Waals surface area contributed by atoms with Crippen LogP contribution in [0.4, 0.5) is 5.69 Å². The third kappa shape index (κ3) is 2.86. The number of carbonyl (C=O) groups is 2. The molecule has 0 N–H and O–H groups in total. The number of hydrogen-bond acceptors (Lipinski definition) is 6. The Balaban J connectivity index is 2.53. The summed E-state index contributed by atoms with van der Waals surface area (Å²) in [5.41, 5.74) is 0.123. The zero-order chi connectivity index (χ0) is 16.3. The fraction of sp³-hybridized carbons (Fsp3) is 0.312. The van der Waals surface area contributed by atoms with Crippen LogP contribution in [-0.4, -0.2) is 32.0 Å². The van der Waals surface area contributed by atoms with Gasteiger partial charge in [0.15, 0.2) is 0 Å². The fourth-order valence-electron chi connectivity index (χ4n) is 2.25. The number of ether oxygens (including phenoxy) is 1. The maximum Gasteiger partial charge on any atom is 0.379 e. The van der Waals surface area contributed by atoms with Crippen molar-refractivity contribution in [1.29, 1.82) is 0 Å². The van der Waals surface area contributed by atoms with Crippen molar-refractivity contribution in [2.75, 3.05) is 25.1 Å². The molecule has 1 aromatic heterocycles. The van der Waals surface area contributed by atoms with E-state index in [1.807, 2.05) is 19.9 Å². The quantitative estimate of drug-likeness (QED) is 0.364. The van der Waals surface area contributed by atoms with Gasteiger partial charge < -0.3 is 14.1 Å². The third-order valence-corrected chi connectivity index (χ3v) is 3.46. The van der Waals surface area contributed by atoms with E-state index in [9.17, 15) is 14.4 Å². The van der Waals surface area contributed by atoms with Crippen LogP contribution in [0.3, 0.4) is 0 Å². The van der Waals surface area contributed by atoms with Gasteiger partial charge in [-0.25, -0.2) is 9.59 Å². The van der Waals surface area contributed by atoms with Gasteiger partial charge in [0.2, 0.25) is 0 Å². The molecule has 6 heteroatoms. The van der Waals surface area contributed by atoms with Gasteiger partial charge in [0.05, 0.1) is 7.11 Å². The molecule has 0 aliphatic heterocycles. The van der Waals surface area contributed by atoms with Gasteiger partial charge in [-0.1, -0.05) is 0 Å². The van der Waals surface area contributed by atoms with Gasteiger partial charge in [0.1, 0.15) is 11.1 Å². The molecular weight excluding hydrogens is 286 g/mol. The van der Waals surface area contributed by atoms with Gasteiger partial charge in [-0.05, 0) is 32.0 Å². The molecule has 0 saturated heterocycles. The van der Waals surface area contributed by atoms with Crippen molar-refractivity contribution in [3.05, 3.63) is 40.2 Å². The second kappa shape index (κ2) is 6.43. The SMILES string of the molecule is CCN(CC)c1ccc2cc(C(=O)C(=O)OC)c(=O)oc2c1. The van der Waals surface area contributed by atoms with Gasteiger partial charge in [-0.15, -0.1) is 0 Å². The average Bonchev–Trinajstić information content (AvgIpc) is 2.53. The summed E-state index contributed by atoms with van der Waals surface area (Å²) in [4.78, 5) is 37.0. The van der Waals surface area contributed by atoms with Gasteiger partial charge in [0.25, 0.3) is 5.78 Å². The number of rotatable bonds is 5. The fourth-order valence-corrected chi connectivity index (χ4v) is 2.25. The summed E-state index contributed by atoms with van der Waals surface area (Å²) in [7, 11) is 1.08. The molecule has 1 aromatic carbocycles. The zero-order valence-corrected chi connectivity index (χ0v) is 12.7. The summed E-state index contributed by atoms with van der Waals surface area (Å²) in [6.07, 6.45) is 0. The van der Waals surface area contributed by atoms with E-state index in [2.05, 4.69) is 9.64 Å². The Hall–Kier alpha value is -2.63. The zero-order valence-electron chi connectivity index (χ0n) is 12.7. The second-order valence-corrected chi connectivity index (χ2v) is 4.66. The lowest BCUT2D eigenvalue weighted by molar-refractivity contribution is -0.135. The van der Waals surface area contributed by atoms with Crippen LogP contribution in [0, 0.1) is 0 Å². The van der Waals surface area contributed by atoms with Gasteiger partial charge in [-0.3, -0.25) is 4.79 Å². The van der Waals surface area contributed by atoms with Crippen LogP contribution >= 0.6 is 0 Å². The molecule has 0 fully saturated rings. The van der Waals surface area contributed by atoms with E-state index in [1.165, 1.54) is 6.07 Å². The molecule has 0 aliphatic carbocycles. The van der Waals surface area contributed by atoms with Crippen LogP contribution in [0.2, 0.25) is 0 Å². The van der Waals surface area contributed by atoms with Crippen LogP contribution in [-0.2, 0) is 9.53 Å². The van der Waals surface area contributed by atoms with E-state index in [0.717, 1.165) is 25.9 Å². The minimum Gasteiger partial charge on any atom is -0.463 e. The van der Waals surface area contributed by atoms with E-state index in [-0.39, 0.29) is 5.56 Å². The summed E-state index contributed by atoms with van der Waals surface area (Å²) in [5.74, 6) is -2.10. The molecule has 0 atom stereocenters. The van der Waals surface area contributed by atoms with Gasteiger partial charge in [0, 0.05) is 30.2 Å². The lowest BCUT2D eigenvalue weighted by Crippen LogP contribution is -2.23. The number of hydrogen-bond donors (Lipinski definition) is 0. The second-order valence-electron chi connectivity index (χ2n) is 4.66. The Labute approximate surface area is 127 Å². The first-order valence-corrected chi connectivity index (χ1v) is 6.97. The largest absolute Gasteiger partial charge is 0.463 e. The number of carbonyl (C=O) groups excluding carboxylic acids is 2. The highest BCUT2D eigenvalue weighted by Gasteiger charge is 2.22. The Morgan fingerprint density at radius 2 is 1.86 bits per heavy atom. The third-order valence-electron chi connectivity index (χ3n) is 3.46. The van der Waals surface area contributed by atoms with Crippen molar-refractivity contribution < 1.29 is 18.7 Å². The first-order valence-electron chi connectivity index (χ1n) is 6.97. The molecule has 2 rings (SSSR count). The Morgan fingerprint density at radius 3 is 2.45 bits per heavy atom. The summed E-state index contributed by atoms with van der Waals surface area (Å²) < 4.78 is 9.52. The van der Waals surface area contributed by atoms with E-state index in [4.69, 9.17) is 4.42 Å². The lowest BCUT2D eigenvalue weighted by Gasteiger charge is -2.20. The van der Waals surface area contributed by atoms with E-state index >= 15 is 0 Å². The molecule has 1 heterocycles. The first-order chi connectivity index (χ1) is 10.5. The highest BCUT2D eigenvalue weighted by molar-refractivity contribution is 6.40. The number of anilines is 1. The molecule has 6 nitrogen and oxygen atoms in total.